The molecule has 0 aliphatic rings. The number of hydrogen-bond acceptors (Lipinski definition) is 3. The van der Waals surface area contributed by atoms with Crippen molar-refractivity contribution < 1.29 is 9.18 Å². The smallest absolute Gasteiger partial charge is 0.255 e. The van der Waals surface area contributed by atoms with Gasteiger partial charge in [-0.15, -0.1) is 0 Å². The predicted molar refractivity (Wildman–Crippen MR) is 73.3 cm³/mol. The van der Waals surface area contributed by atoms with Crippen molar-refractivity contribution in [1.29, 1.82) is 5.26 Å². The van der Waals surface area contributed by atoms with Crippen LogP contribution in [-0.2, 0) is 0 Å². The molecule has 0 aliphatic carbocycles. The number of amides is 1. The van der Waals surface area contributed by atoms with Crippen molar-refractivity contribution in [3.8, 4) is 6.07 Å². The molecule has 1 amide bonds. The Bertz CT molecular complexity index is 708. The Balaban J connectivity index is 2.26. The Hall–Kier alpha value is -2.16. The van der Waals surface area contributed by atoms with Crippen molar-refractivity contribution in [2.24, 2.45) is 0 Å². The molecule has 1 N–H and O–H groups in total. The van der Waals surface area contributed by atoms with E-state index in [1.54, 1.807) is 6.07 Å². The number of halogens is 3. The van der Waals surface area contributed by atoms with Crippen LogP contribution in [0.25, 0.3) is 0 Å². The summed E-state index contributed by atoms with van der Waals surface area (Å²) in [5, 5.41) is 11.4. The van der Waals surface area contributed by atoms with E-state index in [4.69, 9.17) is 28.5 Å². The van der Waals surface area contributed by atoms with Crippen molar-refractivity contribution in [3.05, 3.63) is 57.6 Å². The van der Waals surface area contributed by atoms with Crippen LogP contribution < -0.4 is 5.32 Å². The zero-order chi connectivity index (χ0) is 14.7. The Kier molecular flexibility index (Phi) is 4.18. The fourth-order valence-electron chi connectivity index (χ4n) is 1.49. The van der Waals surface area contributed by atoms with Crippen LogP contribution in [-0.4, -0.2) is 10.9 Å². The second-order valence-corrected chi connectivity index (χ2v) is 4.54. The molecule has 1 heterocycles. The normalized spacial score (nSPS) is 9.90. The van der Waals surface area contributed by atoms with Gasteiger partial charge in [-0.3, -0.25) is 4.79 Å². The second kappa shape index (κ2) is 5.87. The van der Waals surface area contributed by atoms with E-state index < -0.39 is 11.7 Å². The molecule has 0 radical (unpaired) electrons. The topological polar surface area (TPSA) is 65.8 Å². The van der Waals surface area contributed by atoms with Crippen LogP contribution >= 0.6 is 23.2 Å². The number of benzene rings is 1. The van der Waals surface area contributed by atoms with E-state index in [-0.39, 0.29) is 27.1 Å². The van der Waals surface area contributed by atoms with E-state index in [1.165, 1.54) is 24.3 Å². The fourth-order valence-corrected chi connectivity index (χ4v) is 1.95. The third-order valence-corrected chi connectivity index (χ3v) is 2.76. The summed E-state index contributed by atoms with van der Waals surface area (Å²) < 4.78 is 13.2. The average Bonchev–Trinajstić information content (AvgIpc) is 2.39. The van der Waals surface area contributed by atoms with Crippen LogP contribution in [0.5, 0.6) is 0 Å². The van der Waals surface area contributed by atoms with Crippen LogP contribution in [0.1, 0.15) is 15.9 Å². The van der Waals surface area contributed by atoms with Crippen LogP contribution in [0.2, 0.25) is 10.3 Å². The lowest BCUT2D eigenvalue weighted by Crippen LogP contribution is -2.12. The summed E-state index contributed by atoms with van der Waals surface area (Å²) in [5.74, 6) is -1.15. The highest BCUT2D eigenvalue weighted by molar-refractivity contribution is 6.33. The first kappa shape index (κ1) is 14.3. The quantitative estimate of drug-likeness (QED) is 0.861. The summed E-state index contributed by atoms with van der Waals surface area (Å²) in [6, 6.07) is 8.06. The van der Waals surface area contributed by atoms with Crippen molar-refractivity contribution >= 4 is 34.8 Å². The van der Waals surface area contributed by atoms with Gasteiger partial charge in [-0.1, -0.05) is 23.2 Å². The Morgan fingerprint density at radius 2 is 1.90 bits per heavy atom. The van der Waals surface area contributed by atoms with Gasteiger partial charge in [0.15, 0.2) is 0 Å². The van der Waals surface area contributed by atoms with E-state index in [0.29, 0.717) is 0 Å². The predicted octanol–water partition coefficient (Wildman–Crippen LogP) is 3.65. The van der Waals surface area contributed by atoms with Crippen molar-refractivity contribution in [2.45, 2.75) is 0 Å². The number of nitriles is 1. The lowest BCUT2D eigenvalue weighted by Gasteiger charge is -2.06. The van der Waals surface area contributed by atoms with Gasteiger partial charge in [0, 0.05) is 11.3 Å². The van der Waals surface area contributed by atoms with Gasteiger partial charge in [-0.25, -0.2) is 9.37 Å². The molecule has 0 fully saturated rings. The molecule has 7 heteroatoms. The highest BCUT2D eigenvalue weighted by Crippen LogP contribution is 2.18. The fraction of sp³-hybridized carbons (Fsp3) is 0. The molecule has 0 saturated carbocycles. The summed E-state index contributed by atoms with van der Waals surface area (Å²) in [5.41, 5.74) is 0.337. The number of carbonyl (C=O) groups excluding carboxylic acids is 1. The van der Waals surface area contributed by atoms with Gasteiger partial charge in [0.05, 0.1) is 5.56 Å². The molecule has 0 bridgehead atoms. The average molecular weight is 310 g/mol. The Morgan fingerprint density at radius 1 is 1.25 bits per heavy atom. The third-order valence-electron chi connectivity index (χ3n) is 2.37. The van der Waals surface area contributed by atoms with E-state index in [9.17, 15) is 9.18 Å². The maximum Gasteiger partial charge on any atom is 0.255 e. The first-order chi connectivity index (χ1) is 9.49. The molecule has 1 aromatic heterocycles. The first-order valence-electron chi connectivity index (χ1n) is 5.33. The molecule has 0 saturated heterocycles. The lowest BCUT2D eigenvalue weighted by atomic mass is 10.2. The van der Waals surface area contributed by atoms with Crippen LogP contribution in [0.15, 0.2) is 30.3 Å². The van der Waals surface area contributed by atoms with Crippen molar-refractivity contribution in [3.63, 3.8) is 0 Å². The maximum absolute atomic E-state index is 13.2. The van der Waals surface area contributed by atoms with Gasteiger partial charge in [0.1, 0.15) is 22.2 Å². The number of nitrogens with one attached hydrogen (secondary N) is 1. The summed E-state index contributed by atoms with van der Waals surface area (Å²) in [6.45, 7) is 0. The zero-order valence-electron chi connectivity index (χ0n) is 9.82. The standard InChI is InChI=1S/C13H6Cl2FN3O/c14-11-4-7(5-12(15)19-11)13(20)18-9-1-2-10(16)8(3-9)6-17/h1-5H,(H,18,20). The first-order valence-corrected chi connectivity index (χ1v) is 6.09. The van der Waals surface area contributed by atoms with Gasteiger partial charge >= 0.3 is 0 Å². The SMILES string of the molecule is N#Cc1cc(NC(=O)c2cc(Cl)nc(Cl)c2)ccc1F. The number of aromatic nitrogens is 1. The number of hydrogen-bond donors (Lipinski definition) is 1. The largest absolute Gasteiger partial charge is 0.322 e. The molecule has 0 unspecified atom stereocenters. The molecule has 0 atom stereocenters. The molecular formula is C13H6Cl2FN3O. The van der Waals surface area contributed by atoms with Gasteiger partial charge < -0.3 is 5.32 Å². The number of pyridine rings is 1. The third kappa shape index (κ3) is 3.23. The number of rotatable bonds is 2. The van der Waals surface area contributed by atoms with E-state index >= 15 is 0 Å². The molecule has 0 aliphatic heterocycles. The minimum atomic E-state index is -0.652. The summed E-state index contributed by atoms with van der Waals surface area (Å²) in [4.78, 5) is 15.7. The van der Waals surface area contributed by atoms with Gasteiger partial charge in [-0.2, -0.15) is 5.26 Å². The number of nitrogens with zero attached hydrogens (tertiary/aromatic N) is 2. The molecule has 4 nitrogen and oxygen atoms in total. The molecular weight excluding hydrogens is 304 g/mol. The van der Waals surface area contributed by atoms with E-state index in [1.807, 2.05) is 0 Å². The lowest BCUT2D eigenvalue weighted by molar-refractivity contribution is 0.102. The summed E-state index contributed by atoms with van der Waals surface area (Å²) in [7, 11) is 0. The number of anilines is 1. The van der Waals surface area contributed by atoms with Gasteiger partial charge in [-0.05, 0) is 30.3 Å². The summed E-state index contributed by atoms with van der Waals surface area (Å²) in [6.07, 6.45) is 0. The molecule has 2 rings (SSSR count). The molecule has 20 heavy (non-hydrogen) atoms. The van der Waals surface area contributed by atoms with Crippen molar-refractivity contribution in [1.82, 2.24) is 4.98 Å². The van der Waals surface area contributed by atoms with Crippen LogP contribution in [0.3, 0.4) is 0 Å². The summed E-state index contributed by atoms with van der Waals surface area (Å²) >= 11 is 11.4. The minimum absolute atomic E-state index is 0.0828. The van der Waals surface area contributed by atoms with Gasteiger partial charge in [0.2, 0.25) is 0 Å². The molecule has 2 aromatic rings. The minimum Gasteiger partial charge on any atom is -0.322 e. The number of carbonyl (C=O) groups is 1. The van der Waals surface area contributed by atoms with Gasteiger partial charge in [0.25, 0.3) is 5.91 Å². The molecule has 0 spiro atoms. The Morgan fingerprint density at radius 3 is 2.50 bits per heavy atom. The molecule has 1 aromatic carbocycles. The second-order valence-electron chi connectivity index (χ2n) is 3.76. The maximum atomic E-state index is 13.2. The highest BCUT2D eigenvalue weighted by atomic mass is 35.5. The van der Waals surface area contributed by atoms with Crippen molar-refractivity contribution in [2.75, 3.05) is 5.32 Å². The molecule has 100 valence electrons. The van der Waals surface area contributed by atoms with E-state index in [0.717, 1.165) is 6.07 Å². The zero-order valence-corrected chi connectivity index (χ0v) is 11.3. The van der Waals surface area contributed by atoms with Crippen LogP contribution in [0, 0.1) is 17.1 Å². The Labute approximate surface area is 123 Å². The highest BCUT2D eigenvalue weighted by Gasteiger charge is 2.10. The van der Waals surface area contributed by atoms with E-state index in [2.05, 4.69) is 10.3 Å². The monoisotopic (exact) mass is 309 g/mol. The van der Waals surface area contributed by atoms with Crippen LogP contribution in [0.4, 0.5) is 10.1 Å².